The van der Waals surface area contributed by atoms with Gasteiger partial charge in [0, 0.05) is 37.6 Å². The highest BCUT2D eigenvalue weighted by Gasteiger charge is 2.21. The maximum atomic E-state index is 12.4. The molecule has 2 rings (SSSR count). The molecule has 0 aliphatic carbocycles. The molecule has 0 aliphatic heterocycles. The molecular formula is C28H40N6O2S. The smallest absolute Gasteiger partial charge is 0.252 e. The molecule has 9 heteroatoms. The number of rotatable bonds is 14. The first kappa shape index (κ1) is 29.9. The number of nitrogens with zero attached hydrogens (tertiary/aromatic N) is 4. The second kappa shape index (κ2) is 15.7. The van der Waals surface area contributed by atoms with E-state index >= 15 is 0 Å². The van der Waals surface area contributed by atoms with Crippen molar-refractivity contribution in [3.8, 4) is 0 Å². The van der Waals surface area contributed by atoms with Gasteiger partial charge in [0.15, 0.2) is 0 Å². The van der Waals surface area contributed by atoms with Crippen LogP contribution in [0.2, 0.25) is 0 Å². The van der Waals surface area contributed by atoms with E-state index in [1.54, 1.807) is 26.3 Å². The standard InChI is InChI=1S/C28H40N6O2S/c1-7-33(8-2)25-15-11-23(12-16-25)19-29-31-27(35)21(5)37-22(6)28(36)32-30-20-24-13-17-26(18-14-24)34(9-3)10-4/h11-22H,7-10H2,1-6H3,(H,31,35)(H,32,36). The number of nitrogens with one attached hydrogen (secondary N) is 2. The van der Waals surface area contributed by atoms with Crippen LogP contribution in [0.5, 0.6) is 0 Å². The maximum Gasteiger partial charge on any atom is 0.252 e. The van der Waals surface area contributed by atoms with Gasteiger partial charge in [-0.05, 0) is 76.9 Å². The minimum Gasteiger partial charge on any atom is -0.372 e. The van der Waals surface area contributed by atoms with Gasteiger partial charge in [0.25, 0.3) is 11.8 Å². The lowest BCUT2D eigenvalue weighted by Gasteiger charge is -2.20. The van der Waals surface area contributed by atoms with Crippen LogP contribution in [0.3, 0.4) is 0 Å². The Morgan fingerprint density at radius 2 is 1.03 bits per heavy atom. The molecule has 0 aromatic heterocycles. The highest BCUT2D eigenvalue weighted by Crippen LogP contribution is 2.18. The fourth-order valence-electron chi connectivity index (χ4n) is 3.67. The van der Waals surface area contributed by atoms with Crippen molar-refractivity contribution >= 4 is 47.4 Å². The normalized spacial score (nSPS) is 12.9. The molecule has 0 bridgehead atoms. The Balaban J connectivity index is 1.78. The van der Waals surface area contributed by atoms with Gasteiger partial charge in [0.1, 0.15) is 0 Å². The molecule has 8 nitrogen and oxygen atoms in total. The van der Waals surface area contributed by atoms with Gasteiger partial charge < -0.3 is 9.80 Å². The van der Waals surface area contributed by atoms with E-state index < -0.39 is 10.5 Å². The van der Waals surface area contributed by atoms with Gasteiger partial charge in [0.2, 0.25) is 0 Å². The molecule has 2 amide bonds. The molecule has 0 fully saturated rings. The molecular weight excluding hydrogens is 484 g/mol. The van der Waals surface area contributed by atoms with Crippen molar-refractivity contribution in [1.29, 1.82) is 0 Å². The van der Waals surface area contributed by atoms with Gasteiger partial charge in [-0.3, -0.25) is 9.59 Å². The number of hydrogen-bond acceptors (Lipinski definition) is 7. The summed E-state index contributed by atoms with van der Waals surface area (Å²) in [5.74, 6) is -0.532. The molecule has 200 valence electrons. The lowest BCUT2D eigenvalue weighted by atomic mass is 10.2. The number of amides is 2. The zero-order valence-electron chi connectivity index (χ0n) is 22.8. The van der Waals surface area contributed by atoms with Gasteiger partial charge in [-0.1, -0.05) is 24.3 Å². The third kappa shape index (κ3) is 9.57. The molecule has 2 aromatic rings. The van der Waals surface area contributed by atoms with E-state index in [0.717, 1.165) is 48.7 Å². The van der Waals surface area contributed by atoms with Gasteiger partial charge in [-0.2, -0.15) is 10.2 Å². The van der Waals surface area contributed by atoms with Crippen molar-refractivity contribution in [2.24, 2.45) is 10.2 Å². The summed E-state index contributed by atoms with van der Waals surface area (Å²) in [5, 5.41) is 7.21. The topological polar surface area (TPSA) is 89.4 Å². The van der Waals surface area contributed by atoms with Crippen molar-refractivity contribution in [2.45, 2.75) is 52.0 Å². The average molecular weight is 525 g/mol. The zero-order valence-corrected chi connectivity index (χ0v) is 23.6. The van der Waals surface area contributed by atoms with Crippen molar-refractivity contribution in [3.63, 3.8) is 0 Å². The Labute approximate surface area is 225 Å². The summed E-state index contributed by atoms with van der Waals surface area (Å²) in [7, 11) is 0. The van der Waals surface area contributed by atoms with E-state index in [1.165, 1.54) is 11.8 Å². The molecule has 0 saturated heterocycles. The van der Waals surface area contributed by atoms with Crippen molar-refractivity contribution in [1.82, 2.24) is 10.9 Å². The van der Waals surface area contributed by atoms with Gasteiger partial charge in [-0.25, -0.2) is 10.9 Å². The van der Waals surface area contributed by atoms with E-state index in [-0.39, 0.29) is 11.8 Å². The Morgan fingerprint density at radius 1 is 0.703 bits per heavy atom. The molecule has 2 N–H and O–H groups in total. The Bertz CT molecular complexity index is 948. The fourth-order valence-corrected chi connectivity index (χ4v) is 4.64. The van der Waals surface area contributed by atoms with Crippen LogP contribution < -0.4 is 20.7 Å². The van der Waals surface area contributed by atoms with Crippen LogP contribution in [0, 0.1) is 0 Å². The Hall–Kier alpha value is -3.33. The van der Waals surface area contributed by atoms with E-state index in [0.29, 0.717) is 0 Å². The van der Waals surface area contributed by atoms with Crippen molar-refractivity contribution < 1.29 is 9.59 Å². The van der Waals surface area contributed by atoms with E-state index in [9.17, 15) is 9.59 Å². The molecule has 2 unspecified atom stereocenters. The lowest BCUT2D eigenvalue weighted by Crippen LogP contribution is -2.33. The molecule has 0 spiro atoms. The predicted molar refractivity (Wildman–Crippen MR) is 158 cm³/mol. The van der Waals surface area contributed by atoms with Crippen LogP contribution in [0.4, 0.5) is 11.4 Å². The van der Waals surface area contributed by atoms with Crippen molar-refractivity contribution in [3.05, 3.63) is 59.7 Å². The van der Waals surface area contributed by atoms with Crippen LogP contribution in [-0.4, -0.2) is 60.9 Å². The Kier molecular flexibility index (Phi) is 12.7. The fraction of sp³-hybridized carbons (Fsp3) is 0.429. The first-order chi connectivity index (χ1) is 17.8. The maximum absolute atomic E-state index is 12.4. The van der Waals surface area contributed by atoms with Crippen molar-refractivity contribution in [2.75, 3.05) is 36.0 Å². The first-order valence-electron chi connectivity index (χ1n) is 12.8. The molecule has 0 heterocycles. The predicted octanol–water partition coefficient (Wildman–Crippen LogP) is 4.49. The summed E-state index contributed by atoms with van der Waals surface area (Å²) in [6, 6.07) is 16.0. The lowest BCUT2D eigenvalue weighted by molar-refractivity contribution is -0.120. The largest absolute Gasteiger partial charge is 0.372 e. The summed E-state index contributed by atoms with van der Waals surface area (Å²) in [6.45, 7) is 15.8. The van der Waals surface area contributed by atoms with Gasteiger partial charge in [0.05, 0.1) is 22.9 Å². The summed E-state index contributed by atoms with van der Waals surface area (Å²) in [5.41, 5.74) is 9.20. The number of thioether (sulfide) groups is 1. The second-order valence-electron chi connectivity index (χ2n) is 8.42. The van der Waals surface area contributed by atoms with Gasteiger partial charge >= 0.3 is 0 Å². The SMILES string of the molecule is CCN(CC)c1ccc(C=NNC(=O)C(C)SC(C)C(=O)NN=Cc2ccc(N(CC)CC)cc2)cc1. The van der Waals surface area contributed by atoms with Crippen LogP contribution in [0.1, 0.15) is 52.7 Å². The summed E-state index contributed by atoms with van der Waals surface area (Å²) < 4.78 is 0. The number of carbonyl (C=O) groups is 2. The van der Waals surface area contributed by atoms with Crippen LogP contribution in [0.25, 0.3) is 0 Å². The van der Waals surface area contributed by atoms with Crippen LogP contribution in [-0.2, 0) is 9.59 Å². The quantitative estimate of drug-likeness (QED) is 0.281. The van der Waals surface area contributed by atoms with E-state index in [4.69, 9.17) is 0 Å². The number of benzene rings is 2. The average Bonchev–Trinajstić information content (AvgIpc) is 2.91. The van der Waals surface area contributed by atoms with E-state index in [1.807, 2.05) is 48.5 Å². The van der Waals surface area contributed by atoms with E-state index in [2.05, 4.69) is 58.5 Å². The molecule has 37 heavy (non-hydrogen) atoms. The molecule has 2 aromatic carbocycles. The highest BCUT2D eigenvalue weighted by atomic mass is 32.2. The number of carbonyl (C=O) groups excluding carboxylic acids is 2. The number of hydrogen-bond donors (Lipinski definition) is 2. The van der Waals surface area contributed by atoms with Crippen LogP contribution >= 0.6 is 11.8 Å². The minimum atomic E-state index is -0.459. The second-order valence-corrected chi connectivity index (χ2v) is 10.1. The first-order valence-corrected chi connectivity index (χ1v) is 13.8. The number of hydrazone groups is 2. The summed E-state index contributed by atoms with van der Waals surface area (Å²) in [6.07, 6.45) is 3.22. The Morgan fingerprint density at radius 3 is 1.32 bits per heavy atom. The van der Waals surface area contributed by atoms with Gasteiger partial charge in [-0.15, -0.1) is 11.8 Å². The highest BCUT2D eigenvalue weighted by molar-refractivity contribution is 8.01. The molecule has 2 atom stereocenters. The molecule has 0 saturated carbocycles. The van der Waals surface area contributed by atoms with Crippen LogP contribution in [0.15, 0.2) is 58.7 Å². The molecule has 0 radical (unpaired) electrons. The zero-order chi connectivity index (χ0) is 27.2. The monoisotopic (exact) mass is 524 g/mol. The minimum absolute atomic E-state index is 0.266. The summed E-state index contributed by atoms with van der Waals surface area (Å²) >= 11 is 1.25. The summed E-state index contributed by atoms with van der Waals surface area (Å²) in [4.78, 5) is 29.3. The third-order valence-corrected chi connectivity index (χ3v) is 7.21. The number of anilines is 2. The third-order valence-electron chi connectivity index (χ3n) is 5.97. The molecule has 0 aliphatic rings.